The third-order valence-electron chi connectivity index (χ3n) is 3.69. The Kier molecular flexibility index (Phi) is 3.84. The van der Waals surface area contributed by atoms with E-state index in [0.29, 0.717) is 5.82 Å². The Bertz CT molecular complexity index is 1010. The van der Waals surface area contributed by atoms with Crippen LogP contribution in [-0.2, 0) is 0 Å². The molecule has 2 heterocycles. The molecule has 0 aliphatic rings. The van der Waals surface area contributed by atoms with Gasteiger partial charge in [-0.05, 0) is 24.6 Å². The molecule has 0 atom stereocenters. The van der Waals surface area contributed by atoms with Crippen molar-refractivity contribution in [1.82, 2.24) is 14.8 Å². The zero-order chi connectivity index (χ0) is 16.4. The fraction of sp³-hybridized carbons (Fsp3) is 0.0526. The Balaban J connectivity index is 1.95. The van der Waals surface area contributed by atoms with Gasteiger partial charge in [0.1, 0.15) is 0 Å². The van der Waals surface area contributed by atoms with E-state index in [0.717, 1.165) is 27.4 Å². The van der Waals surface area contributed by atoms with Crippen LogP contribution < -0.4 is 4.80 Å². The average Bonchev–Trinajstić information content (AvgIpc) is 3.23. The Labute approximate surface area is 143 Å². The molecule has 4 aromatic rings. The summed E-state index contributed by atoms with van der Waals surface area (Å²) in [7, 11) is 0. The maximum atomic E-state index is 4.72. The predicted molar refractivity (Wildman–Crippen MR) is 97.6 cm³/mol. The van der Waals surface area contributed by atoms with Crippen LogP contribution in [0.15, 0.2) is 77.1 Å². The summed E-state index contributed by atoms with van der Waals surface area (Å²) in [6.07, 6.45) is 0. The number of aromatic amines is 1. The van der Waals surface area contributed by atoms with Gasteiger partial charge in [0.15, 0.2) is 10.6 Å². The molecule has 0 spiro atoms. The highest BCUT2D eigenvalue weighted by atomic mass is 32.1. The molecule has 2 aromatic heterocycles. The first-order chi connectivity index (χ1) is 11.8. The first-order valence-electron chi connectivity index (χ1n) is 7.69. The fourth-order valence-corrected chi connectivity index (χ4v) is 3.50. The predicted octanol–water partition coefficient (Wildman–Crippen LogP) is 4.47. The summed E-state index contributed by atoms with van der Waals surface area (Å²) in [5.74, 6) is 0.693. The number of nitrogens with one attached hydrogen (secondary N) is 1. The molecule has 1 N–H and O–H groups in total. The summed E-state index contributed by atoms with van der Waals surface area (Å²) < 4.78 is 2.17. The van der Waals surface area contributed by atoms with Crippen LogP contribution in [0.25, 0.3) is 16.9 Å². The quantitative estimate of drug-likeness (QED) is 0.591. The highest BCUT2D eigenvalue weighted by Crippen LogP contribution is 2.23. The molecule has 0 aliphatic heterocycles. The molecule has 4 rings (SSSR count). The van der Waals surface area contributed by atoms with Crippen LogP contribution in [0.4, 0.5) is 5.82 Å². The topological polar surface area (TPSA) is 46.0 Å². The van der Waals surface area contributed by atoms with E-state index >= 15 is 0 Å². The van der Waals surface area contributed by atoms with Gasteiger partial charge in [-0.3, -0.25) is 9.67 Å². The summed E-state index contributed by atoms with van der Waals surface area (Å²) in [6.45, 7) is 1.97. The van der Waals surface area contributed by atoms with Gasteiger partial charge in [-0.25, -0.2) is 0 Å². The molecule has 0 fully saturated rings. The third-order valence-corrected chi connectivity index (χ3v) is 4.52. The smallest absolute Gasteiger partial charge is 0.196 e. The van der Waals surface area contributed by atoms with Crippen molar-refractivity contribution in [3.05, 3.63) is 82.6 Å². The van der Waals surface area contributed by atoms with Crippen LogP contribution in [0.3, 0.4) is 0 Å². The number of nitrogens with zero attached hydrogens (tertiary/aromatic N) is 3. The Morgan fingerprint density at radius 1 is 1.00 bits per heavy atom. The van der Waals surface area contributed by atoms with Crippen molar-refractivity contribution in [2.45, 2.75) is 6.92 Å². The minimum atomic E-state index is 0.693. The fourth-order valence-electron chi connectivity index (χ4n) is 2.58. The van der Waals surface area contributed by atoms with Crippen molar-refractivity contribution in [2.24, 2.45) is 4.99 Å². The van der Waals surface area contributed by atoms with Crippen molar-refractivity contribution >= 4 is 17.2 Å². The van der Waals surface area contributed by atoms with Crippen molar-refractivity contribution in [2.75, 3.05) is 0 Å². The number of aryl methyl sites for hydroxylation is 1. The number of H-pyrrole nitrogens is 1. The van der Waals surface area contributed by atoms with Gasteiger partial charge in [-0.1, -0.05) is 48.5 Å². The maximum Gasteiger partial charge on any atom is 0.196 e. The highest BCUT2D eigenvalue weighted by molar-refractivity contribution is 7.07. The van der Waals surface area contributed by atoms with E-state index in [1.165, 1.54) is 0 Å². The molecule has 0 amide bonds. The minimum absolute atomic E-state index is 0.693. The molecule has 0 unspecified atom stereocenters. The van der Waals surface area contributed by atoms with Gasteiger partial charge >= 0.3 is 0 Å². The molecule has 5 heteroatoms. The summed E-state index contributed by atoms with van der Waals surface area (Å²) in [6, 6.07) is 22.6. The number of thiazole rings is 1. The minimum Gasteiger partial charge on any atom is -0.285 e. The Morgan fingerprint density at radius 2 is 1.71 bits per heavy atom. The number of para-hydroxylation sites is 1. The van der Waals surface area contributed by atoms with E-state index in [2.05, 4.69) is 56.5 Å². The average molecular weight is 332 g/mol. The van der Waals surface area contributed by atoms with Crippen molar-refractivity contribution < 1.29 is 0 Å². The SMILES string of the molecule is Cc1cc(N=c2scc(-c3ccccc3)n2-c2ccccc2)n[nH]1. The van der Waals surface area contributed by atoms with Gasteiger partial charge in [0.05, 0.1) is 5.69 Å². The molecule has 24 heavy (non-hydrogen) atoms. The number of hydrogen-bond acceptors (Lipinski definition) is 3. The van der Waals surface area contributed by atoms with Crippen LogP contribution in [0.5, 0.6) is 0 Å². The van der Waals surface area contributed by atoms with Crippen molar-refractivity contribution in [3.8, 4) is 16.9 Å². The zero-order valence-corrected chi connectivity index (χ0v) is 14.0. The lowest BCUT2D eigenvalue weighted by atomic mass is 10.1. The largest absolute Gasteiger partial charge is 0.285 e. The number of hydrogen-bond donors (Lipinski definition) is 1. The molecular formula is C19H16N4S. The molecule has 0 radical (unpaired) electrons. The highest BCUT2D eigenvalue weighted by Gasteiger charge is 2.10. The summed E-state index contributed by atoms with van der Waals surface area (Å²) in [5.41, 5.74) is 4.37. The second-order valence-electron chi connectivity index (χ2n) is 5.46. The molecular weight excluding hydrogens is 316 g/mol. The van der Waals surface area contributed by atoms with Gasteiger partial charge in [0, 0.05) is 22.8 Å². The van der Waals surface area contributed by atoms with E-state index in [1.54, 1.807) is 11.3 Å². The maximum absolute atomic E-state index is 4.72. The van der Waals surface area contributed by atoms with Crippen LogP contribution >= 0.6 is 11.3 Å². The van der Waals surface area contributed by atoms with Crippen LogP contribution in [0.2, 0.25) is 0 Å². The van der Waals surface area contributed by atoms with Crippen LogP contribution in [0, 0.1) is 6.92 Å². The monoisotopic (exact) mass is 332 g/mol. The molecule has 4 nitrogen and oxygen atoms in total. The van der Waals surface area contributed by atoms with Gasteiger partial charge in [-0.15, -0.1) is 11.3 Å². The van der Waals surface area contributed by atoms with Gasteiger partial charge in [0.25, 0.3) is 0 Å². The summed E-state index contributed by atoms with van der Waals surface area (Å²) >= 11 is 1.61. The van der Waals surface area contributed by atoms with Crippen molar-refractivity contribution in [3.63, 3.8) is 0 Å². The molecule has 0 saturated heterocycles. The molecule has 2 aromatic carbocycles. The summed E-state index contributed by atoms with van der Waals surface area (Å²) in [4.78, 5) is 5.62. The van der Waals surface area contributed by atoms with E-state index in [9.17, 15) is 0 Å². The van der Waals surface area contributed by atoms with Crippen LogP contribution in [-0.4, -0.2) is 14.8 Å². The molecule has 118 valence electrons. The first-order valence-corrected chi connectivity index (χ1v) is 8.57. The van der Waals surface area contributed by atoms with Gasteiger partial charge < -0.3 is 0 Å². The Hall–Kier alpha value is -2.92. The lowest BCUT2D eigenvalue weighted by Crippen LogP contribution is -2.13. The Morgan fingerprint density at radius 3 is 2.38 bits per heavy atom. The van der Waals surface area contributed by atoms with Crippen LogP contribution in [0.1, 0.15) is 5.69 Å². The first kappa shape index (κ1) is 14.7. The van der Waals surface area contributed by atoms with E-state index in [1.807, 2.05) is 37.3 Å². The molecule has 0 aliphatic carbocycles. The summed E-state index contributed by atoms with van der Waals surface area (Å²) in [5, 5.41) is 9.31. The normalized spacial score (nSPS) is 11.8. The van der Waals surface area contributed by atoms with Crippen molar-refractivity contribution in [1.29, 1.82) is 0 Å². The number of rotatable bonds is 3. The van der Waals surface area contributed by atoms with E-state index in [4.69, 9.17) is 4.99 Å². The zero-order valence-electron chi connectivity index (χ0n) is 13.2. The number of benzene rings is 2. The second-order valence-corrected chi connectivity index (χ2v) is 6.30. The second kappa shape index (κ2) is 6.29. The van der Waals surface area contributed by atoms with E-state index < -0.39 is 0 Å². The van der Waals surface area contributed by atoms with Gasteiger partial charge in [0.2, 0.25) is 0 Å². The third kappa shape index (κ3) is 2.81. The number of aromatic nitrogens is 3. The van der Waals surface area contributed by atoms with Gasteiger partial charge in [-0.2, -0.15) is 10.1 Å². The standard InChI is InChI=1S/C19H16N4S/c1-14-12-18(22-21-14)20-19-23(16-10-6-3-7-11-16)17(13-24-19)15-8-4-2-5-9-15/h2-13H,1H3,(H,21,22). The molecule has 0 bridgehead atoms. The molecule has 0 saturated carbocycles. The lowest BCUT2D eigenvalue weighted by Gasteiger charge is -2.08. The lowest BCUT2D eigenvalue weighted by molar-refractivity contribution is 0.989. The van der Waals surface area contributed by atoms with E-state index in [-0.39, 0.29) is 0 Å².